The number of ether oxygens (including phenoxy) is 1. The zero-order valence-electron chi connectivity index (χ0n) is 15.9. The molecule has 2 fully saturated rings. The maximum absolute atomic E-state index is 12.0. The van der Waals surface area contributed by atoms with Crippen LogP contribution in [-0.2, 0) is 14.3 Å². The van der Waals surface area contributed by atoms with Crippen molar-refractivity contribution < 1.29 is 14.3 Å². The van der Waals surface area contributed by atoms with Gasteiger partial charge in [-0.15, -0.1) is 0 Å². The maximum Gasteiger partial charge on any atom is 0.234 e. The molecular weight excluding hydrogens is 328 g/mol. The molecule has 3 rings (SSSR count). The molecule has 1 N–H and O–H groups in total. The highest BCUT2D eigenvalue weighted by molar-refractivity contribution is 6.00. The molecule has 142 valence electrons. The van der Waals surface area contributed by atoms with E-state index >= 15 is 0 Å². The number of rotatable bonds is 6. The van der Waals surface area contributed by atoms with E-state index in [1.54, 1.807) is 0 Å². The standard InChI is InChI=1S/C21H30N2O3/c1-3-17(4-2)26-18-11-13-23(14-12-18)16-7-5-15(6-8-16)19-9-10-20(24)22-21(19)25/h5-8,17-19H,3-4,9-14H2,1-2H3,(H,22,24,25). The van der Waals surface area contributed by atoms with Crippen LogP contribution in [-0.4, -0.2) is 37.1 Å². The highest BCUT2D eigenvalue weighted by atomic mass is 16.5. The Morgan fingerprint density at radius 1 is 1.08 bits per heavy atom. The third kappa shape index (κ3) is 4.44. The number of piperidine rings is 2. The van der Waals surface area contributed by atoms with Crippen molar-refractivity contribution in [1.82, 2.24) is 5.32 Å². The second kappa shape index (κ2) is 8.67. The number of hydrogen-bond donors (Lipinski definition) is 1. The fourth-order valence-corrected chi connectivity index (χ4v) is 3.93. The molecule has 0 aliphatic carbocycles. The van der Waals surface area contributed by atoms with E-state index in [1.165, 1.54) is 5.69 Å². The quantitative estimate of drug-likeness (QED) is 0.792. The minimum Gasteiger partial charge on any atom is -0.375 e. The first-order valence-electron chi connectivity index (χ1n) is 9.94. The van der Waals surface area contributed by atoms with Gasteiger partial charge in [0.05, 0.1) is 18.1 Å². The smallest absolute Gasteiger partial charge is 0.234 e. The second-order valence-electron chi connectivity index (χ2n) is 7.36. The monoisotopic (exact) mass is 358 g/mol. The first kappa shape index (κ1) is 18.9. The van der Waals surface area contributed by atoms with Gasteiger partial charge in [-0.3, -0.25) is 14.9 Å². The van der Waals surface area contributed by atoms with Crippen molar-refractivity contribution in [1.29, 1.82) is 0 Å². The third-order valence-corrected chi connectivity index (χ3v) is 5.64. The Morgan fingerprint density at radius 2 is 1.73 bits per heavy atom. The van der Waals surface area contributed by atoms with Crippen LogP contribution in [0, 0.1) is 0 Å². The second-order valence-corrected chi connectivity index (χ2v) is 7.36. The molecule has 0 bridgehead atoms. The Balaban J connectivity index is 1.55. The van der Waals surface area contributed by atoms with E-state index in [4.69, 9.17) is 4.74 Å². The van der Waals surface area contributed by atoms with Crippen LogP contribution in [0.1, 0.15) is 63.9 Å². The predicted octanol–water partition coefficient (Wildman–Crippen LogP) is 3.38. The summed E-state index contributed by atoms with van der Waals surface area (Å²) in [7, 11) is 0. The van der Waals surface area contributed by atoms with Crippen LogP contribution >= 0.6 is 0 Å². The molecule has 5 heteroatoms. The SMILES string of the molecule is CCC(CC)OC1CCN(c2ccc(C3CCC(=O)NC3=O)cc2)CC1. The van der Waals surface area contributed by atoms with E-state index in [0.29, 0.717) is 25.0 Å². The number of imide groups is 1. The van der Waals surface area contributed by atoms with Gasteiger partial charge in [0.15, 0.2) is 0 Å². The van der Waals surface area contributed by atoms with E-state index < -0.39 is 0 Å². The van der Waals surface area contributed by atoms with Crippen molar-refractivity contribution in [3.05, 3.63) is 29.8 Å². The molecule has 1 aromatic rings. The summed E-state index contributed by atoms with van der Waals surface area (Å²) in [5.74, 6) is -0.546. The Morgan fingerprint density at radius 3 is 2.31 bits per heavy atom. The van der Waals surface area contributed by atoms with Crippen molar-refractivity contribution in [2.24, 2.45) is 0 Å². The van der Waals surface area contributed by atoms with Gasteiger partial charge < -0.3 is 9.64 Å². The molecule has 1 atom stereocenters. The van der Waals surface area contributed by atoms with Gasteiger partial charge in [0.25, 0.3) is 0 Å². The molecule has 5 nitrogen and oxygen atoms in total. The molecular formula is C21H30N2O3. The Labute approximate surface area is 156 Å². The van der Waals surface area contributed by atoms with Gasteiger partial charge >= 0.3 is 0 Å². The van der Waals surface area contributed by atoms with Crippen LogP contribution in [0.3, 0.4) is 0 Å². The molecule has 2 heterocycles. The van der Waals surface area contributed by atoms with Gasteiger partial charge in [-0.2, -0.15) is 0 Å². The van der Waals surface area contributed by atoms with Crippen LogP contribution in [0.4, 0.5) is 5.69 Å². The molecule has 2 aliphatic heterocycles. The molecule has 0 saturated carbocycles. The number of nitrogens with one attached hydrogen (secondary N) is 1. The number of hydrogen-bond acceptors (Lipinski definition) is 4. The summed E-state index contributed by atoms with van der Waals surface area (Å²) in [6, 6.07) is 8.26. The molecule has 2 saturated heterocycles. The van der Waals surface area contributed by atoms with Gasteiger partial charge in [-0.1, -0.05) is 26.0 Å². The summed E-state index contributed by atoms with van der Waals surface area (Å²) in [6.07, 6.45) is 6.07. The summed E-state index contributed by atoms with van der Waals surface area (Å²) in [5, 5.41) is 2.43. The minimum absolute atomic E-state index is 0.165. The lowest BCUT2D eigenvalue weighted by molar-refractivity contribution is -0.134. The molecule has 2 amide bonds. The summed E-state index contributed by atoms with van der Waals surface area (Å²) in [6.45, 7) is 6.38. The lowest BCUT2D eigenvalue weighted by Gasteiger charge is -2.35. The molecule has 0 spiro atoms. The highest BCUT2D eigenvalue weighted by Crippen LogP contribution is 2.28. The number of anilines is 1. The number of nitrogens with zero attached hydrogens (tertiary/aromatic N) is 1. The van der Waals surface area contributed by atoms with E-state index in [2.05, 4.69) is 36.2 Å². The zero-order valence-corrected chi connectivity index (χ0v) is 15.9. The van der Waals surface area contributed by atoms with Crippen molar-refractivity contribution in [3.8, 4) is 0 Å². The van der Waals surface area contributed by atoms with Gasteiger partial charge in [0.2, 0.25) is 11.8 Å². The summed E-state index contributed by atoms with van der Waals surface area (Å²) in [4.78, 5) is 25.7. The Hall–Kier alpha value is -1.88. The third-order valence-electron chi connectivity index (χ3n) is 5.64. The predicted molar refractivity (Wildman–Crippen MR) is 102 cm³/mol. The maximum atomic E-state index is 12.0. The first-order chi connectivity index (χ1) is 12.6. The van der Waals surface area contributed by atoms with Crippen molar-refractivity contribution >= 4 is 17.5 Å². The summed E-state index contributed by atoms with van der Waals surface area (Å²) in [5.41, 5.74) is 2.19. The number of carbonyl (C=O) groups is 2. The molecule has 1 unspecified atom stereocenters. The zero-order chi connectivity index (χ0) is 18.5. The van der Waals surface area contributed by atoms with Crippen LogP contribution in [0.15, 0.2) is 24.3 Å². The lowest BCUT2D eigenvalue weighted by atomic mass is 9.90. The fourth-order valence-electron chi connectivity index (χ4n) is 3.93. The van der Waals surface area contributed by atoms with Gasteiger partial charge in [0.1, 0.15) is 0 Å². The van der Waals surface area contributed by atoms with E-state index in [-0.39, 0.29) is 17.7 Å². The van der Waals surface area contributed by atoms with Gasteiger partial charge in [-0.25, -0.2) is 0 Å². The average Bonchev–Trinajstić information content (AvgIpc) is 2.67. The normalized spacial score (nSPS) is 22.0. The minimum atomic E-state index is -0.207. The van der Waals surface area contributed by atoms with Gasteiger partial charge in [0, 0.05) is 25.2 Å². The fraction of sp³-hybridized carbons (Fsp3) is 0.619. The number of amides is 2. The Bertz CT molecular complexity index is 617. The number of carbonyl (C=O) groups excluding carboxylic acids is 2. The lowest BCUT2D eigenvalue weighted by Crippen LogP contribution is -2.39. The van der Waals surface area contributed by atoms with Crippen LogP contribution in [0.2, 0.25) is 0 Å². The number of benzene rings is 1. The average molecular weight is 358 g/mol. The van der Waals surface area contributed by atoms with Crippen molar-refractivity contribution in [2.45, 2.75) is 70.5 Å². The summed E-state index contributed by atoms with van der Waals surface area (Å²) >= 11 is 0. The molecule has 0 radical (unpaired) electrons. The molecule has 2 aliphatic rings. The van der Waals surface area contributed by atoms with Crippen molar-refractivity contribution in [2.75, 3.05) is 18.0 Å². The van der Waals surface area contributed by atoms with Crippen LogP contribution < -0.4 is 10.2 Å². The highest BCUT2D eigenvalue weighted by Gasteiger charge is 2.28. The van der Waals surface area contributed by atoms with Crippen LogP contribution in [0.5, 0.6) is 0 Å². The Kier molecular flexibility index (Phi) is 6.30. The van der Waals surface area contributed by atoms with E-state index in [9.17, 15) is 9.59 Å². The topological polar surface area (TPSA) is 58.6 Å². The molecule has 26 heavy (non-hydrogen) atoms. The molecule has 0 aromatic heterocycles. The van der Waals surface area contributed by atoms with E-state index in [1.807, 2.05) is 12.1 Å². The van der Waals surface area contributed by atoms with E-state index in [0.717, 1.165) is 44.3 Å². The largest absolute Gasteiger partial charge is 0.375 e. The first-order valence-corrected chi connectivity index (χ1v) is 9.94. The molecule has 1 aromatic carbocycles. The van der Waals surface area contributed by atoms with Crippen molar-refractivity contribution in [3.63, 3.8) is 0 Å². The van der Waals surface area contributed by atoms with Crippen LogP contribution in [0.25, 0.3) is 0 Å². The van der Waals surface area contributed by atoms with Gasteiger partial charge in [-0.05, 0) is 49.8 Å². The summed E-state index contributed by atoms with van der Waals surface area (Å²) < 4.78 is 6.19.